The van der Waals surface area contributed by atoms with Crippen molar-refractivity contribution in [2.75, 3.05) is 0 Å². The standard InChI is InChI=1S/C13H8BrF3O/c14-9-3-1-2-7(4-9)13(18)8-5-10(15)12(17)11(16)6-8/h1-6,13,18H/t13-/m0/s1. The maximum atomic E-state index is 13.1. The Labute approximate surface area is 110 Å². The van der Waals surface area contributed by atoms with E-state index >= 15 is 0 Å². The molecule has 0 heterocycles. The van der Waals surface area contributed by atoms with Crippen LogP contribution in [0.5, 0.6) is 0 Å². The van der Waals surface area contributed by atoms with Gasteiger partial charge < -0.3 is 5.11 Å². The van der Waals surface area contributed by atoms with E-state index in [4.69, 9.17) is 0 Å². The van der Waals surface area contributed by atoms with Crippen LogP contribution in [0.25, 0.3) is 0 Å². The van der Waals surface area contributed by atoms with Gasteiger partial charge in [-0.15, -0.1) is 0 Å². The molecule has 0 aromatic heterocycles. The van der Waals surface area contributed by atoms with Gasteiger partial charge in [0.25, 0.3) is 0 Å². The van der Waals surface area contributed by atoms with Crippen LogP contribution in [0.3, 0.4) is 0 Å². The molecule has 0 saturated carbocycles. The Balaban J connectivity index is 2.43. The van der Waals surface area contributed by atoms with Crippen molar-refractivity contribution in [3.8, 4) is 0 Å². The fourth-order valence-corrected chi connectivity index (χ4v) is 2.02. The first-order valence-electron chi connectivity index (χ1n) is 5.07. The van der Waals surface area contributed by atoms with Crippen molar-refractivity contribution >= 4 is 15.9 Å². The van der Waals surface area contributed by atoms with Crippen LogP contribution in [-0.4, -0.2) is 5.11 Å². The maximum absolute atomic E-state index is 13.1. The third-order valence-electron chi connectivity index (χ3n) is 2.49. The van der Waals surface area contributed by atoms with Crippen molar-refractivity contribution in [2.24, 2.45) is 0 Å². The molecule has 5 heteroatoms. The van der Waals surface area contributed by atoms with Gasteiger partial charge in [0, 0.05) is 4.47 Å². The molecule has 2 rings (SSSR count). The lowest BCUT2D eigenvalue weighted by Gasteiger charge is -2.12. The Morgan fingerprint density at radius 2 is 1.56 bits per heavy atom. The molecule has 0 saturated heterocycles. The molecular formula is C13H8BrF3O. The summed E-state index contributed by atoms with van der Waals surface area (Å²) in [5.74, 6) is -4.18. The molecule has 2 aromatic rings. The van der Waals surface area contributed by atoms with Gasteiger partial charge in [0.15, 0.2) is 17.5 Å². The number of aliphatic hydroxyl groups is 1. The van der Waals surface area contributed by atoms with Gasteiger partial charge in [-0.2, -0.15) is 0 Å². The first-order chi connectivity index (χ1) is 8.49. The second kappa shape index (κ2) is 5.12. The molecule has 0 aliphatic carbocycles. The molecule has 0 fully saturated rings. The highest BCUT2D eigenvalue weighted by molar-refractivity contribution is 9.10. The summed E-state index contributed by atoms with van der Waals surface area (Å²) < 4.78 is 39.6. The zero-order valence-corrected chi connectivity index (χ0v) is 10.6. The highest BCUT2D eigenvalue weighted by atomic mass is 79.9. The molecule has 0 bridgehead atoms. The highest BCUT2D eigenvalue weighted by Crippen LogP contribution is 2.26. The molecule has 0 radical (unpaired) electrons. The van der Waals surface area contributed by atoms with Crippen molar-refractivity contribution in [1.29, 1.82) is 0 Å². The molecule has 2 aromatic carbocycles. The summed E-state index contributed by atoms with van der Waals surface area (Å²) >= 11 is 3.22. The summed E-state index contributed by atoms with van der Waals surface area (Å²) in [4.78, 5) is 0. The quantitative estimate of drug-likeness (QED) is 0.832. The third-order valence-corrected chi connectivity index (χ3v) is 2.98. The Morgan fingerprint density at radius 3 is 2.11 bits per heavy atom. The van der Waals surface area contributed by atoms with Crippen molar-refractivity contribution in [3.63, 3.8) is 0 Å². The van der Waals surface area contributed by atoms with Crippen LogP contribution in [-0.2, 0) is 0 Å². The van der Waals surface area contributed by atoms with Crippen molar-refractivity contribution in [1.82, 2.24) is 0 Å². The minimum Gasteiger partial charge on any atom is -0.384 e. The van der Waals surface area contributed by atoms with E-state index in [1.807, 2.05) is 0 Å². The fourth-order valence-electron chi connectivity index (χ4n) is 1.60. The number of aliphatic hydroxyl groups excluding tert-OH is 1. The largest absolute Gasteiger partial charge is 0.384 e. The number of halogens is 4. The van der Waals surface area contributed by atoms with E-state index in [0.717, 1.165) is 16.6 Å². The summed E-state index contributed by atoms with van der Waals surface area (Å²) in [6.07, 6.45) is -1.22. The Kier molecular flexibility index (Phi) is 3.73. The van der Waals surface area contributed by atoms with Crippen molar-refractivity contribution in [2.45, 2.75) is 6.10 Å². The van der Waals surface area contributed by atoms with Crippen LogP contribution < -0.4 is 0 Å². The molecule has 0 aliphatic rings. The Hall–Kier alpha value is -1.33. The lowest BCUT2D eigenvalue weighted by molar-refractivity contribution is 0.218. The monoisotopic (exact) mass is 316 g/mol. The second-order valence-electron chi connectivity index (χ2n) is 3.76. The van der Waals surface area contributed by atoms with Gasteiger partial charge in [-0.1, -0.05) is 28.1 Å². The lowest BCUT2D eigenvalue weighted by Crippen LogP contribution is -2.03. The van der Waals surface area contributed by atoms with Gasteiger partial charge in [0.2, 0.25) is 0 Å². The van der Waals surface area contributed by atoms with Gasteiger partial charge in [-0.3, -0.25) is 0 Å². The van der Waals surface area contributed by atoms with Crippen LogP contribution in [0.2, 0.25) is 0 Å². The van der Waals surface area contributed by atoms with E-state index in [2.05, 4.69) is 15.9 Å². The van der Waals surface area contributed by atoms with E-state index in [9.17, 15) is 18.3 Å². The smallest absolute Gasteiger partial charge is 0.194 e. The summed E-state index contributed by atoms with van der Waals surface area (Å²) in [6, 6.07) is 8.22. The fraction of sp³-hybridized carbons (Fsp3) is 0.0769. The summed E-state index contributed by atoms with van der Waals surface area (Å²) in [7, 11) is 0. The van der Waals surface area contributed by atoms with Crippen LogP contribution in [0.1, 0.15) is 17.2 Å². The van der Waals surface area contributed by atoms with Gasteiger partial charge in [0.05, 0.1) is 0 Å². The molecule has 1 nitrogen and oxygen atoms in total. The molecular weight excluding hydrogens is 309 g/mol. The van der Waals surface area contributed by atoms with E-state index in [1.54, 1.807) is 24.3 Å². The number of hydrogen-bond acceptors (Lipinski definition) is 1. The lowest BCUT2D eigenvalue weighted by atomic mass is 10.0. The molecule has 0 spiro atoms. The molecule has 0 amide bonds. The first-order valence-corrected chi connectivity index (χ1v) is 5.86. The average molecular weight is 317 g/mol. The topological polar surface area (TPSA) is 20.2 Å². The predicted octanol–water partition coefficient (Wildman–Crippen LogP) is 3.95. The second-order valence-corrected chi connectivity index (χ2v) is 4.67. The van der Waals surface area contributed by atoms with Crippen molar-refractivity contribution < 1.29 is 18.3 Å². The molecule has 0 unspecified atom stereocenters. The predicted molar refractivity (Wildman–Crippen MR) is 64.5 cm³/mol. The van der Waals surface area contributed by atoms with Crippen molar-refractivity contribution in [3.05, 3.63) is 69.4 Å². The Bertz CT molecular complexity index is 563. The van der Waals surface area contributed by atoms with E-state index in [-0.39, 0.29) is 5.56 Å². The summed E-state index contributed by atoms with van der Waals surface area (Å²) in [5, 5.41) is 9.98. The normalized spacial score (nSPS) is 12.5. The van der Waals surface area contributed by atoms with E-state index in [1.165, 1.54) is 0 Å². The van der Waals surface area contributed by atoms with E-state index < -0.39 is 23.6 Å². The highest BCUT2D eigenvalue weighted by Gasteiger charge is 2.17. The minimum atomic E-state index is -1.54. The molecule has 94 valence electrons. The van der Waals surface area contributed by atoms with Crippen LogP contribution in [0.15, 0.2) is 40.9 Å². The zero-order chi connectivity index (χ0) is 13.3. The third kappa shape index (κ3) is 2.57. The molecule has 18 heavy (non-hydrogen) atoms. The van der Waals surface area contributed by atoms with E-state index in [0.29, 0.717) is 5.56 Å². The summed E-state index contributed by atoms with van der Waals surface area (Å²) in [6.45, 7) is 0. The number of benzene rings is 2. The van der Waals surface area contributed by atoms with Gasteiger partial charge in [-0.25, -0.2) is 13.2 Å². The van der Waals surface area contributed by atoms with Crippen LogP contribution >= 0.6 is 15.9 Å². The maximum Gasteiger partial charge on any atom is 0.194 e. The van der Waals surface area contributed by atoms with Crippen LogP contribution in [0.4, 0.5) is 13.2 Å². The molecule has 1 atom stereocenters. The minimum absolute atomic E-state index is 0.0375. The first kappa shape index (κ1) is 13.1. The summed E-state index contributed by atoms with van der Waals surface area (Å²) in [5.41, 5.74) is 0.416. The van der Waals surface area contributed by atoms with Crippen LogP contribution in [0, 0.1) is 17.5 Å². The SMILES string of the molecule is O[C@@H](c1cccc(Br)c1)c1cc(F)c(F)c(F)c1. The van der Waals surface area contributed by atoms with Gasteiger partial charge in [0.1, 0.15) is 6.10 Å². The average Bonchev–Trinajstić information content (AvgIpc) is 2.34. The van der Waals surface area contributed by atoms with Gasteiger partial charge in [-0.05, 0) is 35.4 Å². The van der Waals surface area contributed by atoms with Gasteiger partial charge >= 0.3 is 0 Å². The molecule has 1 N–H and O–H groups in total. The zero-order valence-electron chi connectivity index (χ0n) is 9.00. The Morgan fingerprint density at radius 1 is 0.944 bits per heavy atom. The molecule has 0 aliphatic heterocycles. The number of rotatable bonds is 2. The number of hydrogen-bond donors (Lipinski definition) is 1.